The van der Waals surface area contributed by atoms with Gasteiger partial charge in [0, 0.05) is 11.9 Å². The Morgan fingerprint density at radius 2 is 1.88 bits per heavy atom. The molecule has 2 aromatic rings. The molecule has 8 heteroatoms. The number of alkyl halides is 3. The van der Waals surface area contributed by atoms with Gasteiger partial charge in [-0.1, -0.05) is 26.0 Å². The summed E-state index contributed by atoms with van der Waals surface area (Å²) in [5, 5.41) is 9.34. The summed E-state index contributed by atoms with van der Waals surface area (Å²) in [5.74, 6) is 0.996. The molecule has 26 heavy (non-hydrogen) atoms. The molecule has 0 unspecified atom stereocenters. The van der Waals surface area contributed by atoms with E-state index in [1.165, 1.54) is 12.1 Å². The first-order valence-electron chi connectivity index (χ1n) is 8.42. The summed E-state index contributed by atoms with van der Waals surface area (Å²) in [6.45, 7) is 7.69. The van der Waals surface area contributed by atoms with Gasteiger partial charge in [-0.3, -0.25) is 0 Å². The number of aliphatic imine (C=N–C) groups is 1. The van der Waals surface area contributed by atoms with Gasteiger partial charge in [-0.05, 0) is 30.5 Å². The molecule has 1 heterocycles. The number of aromatic nitrogens is 1. The average Bonchev–Trinajstić information content (AvgIpc) is 3.06. The van der Waals surface area contributed by atoms with E-state index in [4.69, 9.17) is 0 Å². The second kappa shape index (κ2) is 9.02. The highest BCUT2D eigenvalue weighted by molar-refractivity contribution is 7.09. The Kier molecular flexibility index (Phi) is 7.02. The van der Waals surface area contributed by atoms with Crippen LogP contribution in [0, 0.1) is 0 Å². The number of hydrogen-bond donors (Lipinski definition) is 2. The quantitative estimate of drug-likeness (QED) is 0.568. The average molecular weight is 384 g/mol. The number of rotatable bonds is 6. The molecule has 0 saturated heterocycles. The highest BCUT2D eigenvalue weighted by Gasteiger charge is 2.29. The fourth-order valence-corrected chi connectivity index (χ4v) is 3.04. The van der Waals surface area contributed by atoms with Crippen molar-refractivity contribution in [3.8, 4) is 0 Å². The van der Waals surface area contributed by atoms with E-state index in [9.17, 15) is 13.2 Å². The fraction of sp³-hybridized carbons (Fsp3) is 0.444. The highest BCUT2D eigenvalue weighted by Crippen LogP contribution is 2.29. The Balaban J connectivity index is 1.97. The zero-order chi connectivity index (χ0) is 19.2. The van der Waals surface area contributed by atoms with E-state index < -0.39 is 11.7 Å². The molecule has 0 spiro atoms. The maximum absolute atomic E-state index is 12.6. The van der Waals surface area contributed by atoms with Crippen LogP contribution in [0.5, 0.6) is 0 Å². The van der Waals surface area contributed by atoms with Gasteiger partial charge in [-0.25, -0.2) is 9.98 Å². The Morgan fingerprint density at radius 1 is 1.19 bits per heavy atom. The summed E-state index contributed by atoms with van der Waals surface area (Å²) in [5.41, 5.74) is 1.13. The summed E-state index contributed by atoms with van der Waals surface area (Å²) in [6, 6.07) is 5.06. The van der Waals surface area contributed by atoms with Crippen LogP contribution in [0.4, 0.5) is 13.2 Å². The molecule has 142 valence electrons. The number of hydrogen-bond acceptors (Lipinski definition) is 3. The largest absolute Gasteiger partial charge is 0.416 e. The van der Waals surface area contributed by atoms with Crippen LogP contribution in [-0.4, -0.2) is 17.5 Å². The van der Waals surface area contributed by atoms with Crippen molar-refractivity contribution in [3.05, 3.63) is 51.5 Å². The molecule has 0 atom stereocenters. The van der Waals surface area contributed by atoms with Gasteiger partial charge >= 0.3 is 6.18 Å². The Morgan fingerprint density at radius 3 is 2.42 bits per heavy atom. The summed E-state index contributed by atoms with van der Waals surface area (Å²) in [6.07, 6.45) is -4.32. The van der Waals surface area contributed by atoms with Crippen molar-refractivity contribution in [1.82, 2.24) is 15.6 Å². The maximum atomic E-state index is 12.6. The number of benzene rings is 1. The topological polar surface area (TPSA) is 49.3 Å². The van der Waals surface area contributed by atoms with Gasteiger partial charge in [0.15, 0.2) is 5.96 Å². The van der Waals surface area contributed by atoms with Crippen molar-refractivity contribution in [1.29, 1.82) is 0 Å². The Labute approximate surface area is 155 Å². The van der Waals surface area contributed by atoms with Crippen LogP contribution in [0.2, 0.25) is 0 Å². The van der Waals surface area contributed by atoms with Crippen molar-refractivity contribution in [2.45, 2.75) is 46.0 Å². The first-order chi connectivity index (χ1) is 12.3. The lowest BCUT2D eigenvalue weighted by Gasteiger charge is -2.10. The molecule has 2 rings (SSSR count). The minimum atomic E-state index is -4.32. The van der Waals surface area contributed by atoms with Gasteiger partial charge < -0.3 is 10.6 Å². The second-order valence-electron chi connectivity index (χ2n) is 6.06. The van der Waals surface area contributed by atoms with E-state index in [0.717, 1.165) is 22.8 Å². The van der Waals surface area contributed by atoms with Gasteiger partial charge in [0.05, 0.1) is 24.3 Å². The SMILES string of the molecule is CCNC(=NCc1ccc(C(F)(F)F)cc1)NCc1nc(C(C)C)cs1. The van der Waals surface area contributed by atoms with Crippen LogP contribution >= 0.6 is 11.3 Å². The minimum Gasteiger partial charge on any atom is -0.357 e. The molecule has 1 aromatic carbocycles. The highest BCUT2D eigenvalue weighted by atomic mass is 32.1. The van der Waals surface area contributed by atoms with Crippen LogP contribution < -0.4 is 10.6 Å². The molecule has 0 radical (unpaired) electrons. The molecule has 0 aliphatic rings. The smallest absolute Gasteiger partial charge is 0.357 e. The van der Waals surface area contributed by atoms with Crippen molar-refractivity contribution < 1.29 is 13.2 Å². The molecular formula is C18H23F3N4S. The summed E-state index contributed by atoms with van der Waals surface area (Å²) in [7, 11) is 0. The molecule has 2 N–H and O–H groups in total. The van der Waals surface area contributed by atoms with E-state index in [1.54, 1.807) is 11.3 Å². The van der Waals surface area contributed by atoms with Gasteiger partial charge in [0.2, 0.25) is 0 Å². The zero-order valence-corrected chi connectivity index (χ0v) is 15.8. The second-order valence-corrected chi connectivity index (χ2v) is 7.01. The van der Waals surface area contributed by atoms with Gasteiger partial charge in [0.25, 0.3) is 0 Å². The van der Waals surface area contributed by atoms with Crippen LogP contribution in [-0.2, 0) is 19.3 Å². The molecule has 0 aliphatic heterocycles. The molecule has 0 fully saturated rings. The zero-order valence-electron chi connectivity index (χ0n) is 15.0. The van der Waals surface area contributed by atoms with Crippen LogP contribution in [0.15, 0.2) is 34.6 Å². The molecule has 0 amide bonds. The van der Waals surface area contributed by atoms with Crippen LogP contribution in [0.3, 0.4) is 0 Å². The predicted octanol–water partition coefficient (Wildman–Crippen LogP) is 4.54. The van der Waals surface area contributed by atoms with Crippen molar-refractivity contribution in [2.75, 3.05) is 6.54 Å². The number of halogens is 3. The molecular weight excluding hydrogens is 361 g/mol. The van der Waals surface area contributed by atoms with E-state index in [0.29, 0.717) is 37.1 Å². The third kappa shape index (κ3) is 6.01. The van der Waals surface area contributed by atoms with Crippen molar-refractivity contribution >= 4 is 17.3 Å². The van der Waals surface area contributed by atoms with E-state index >= 15 is 0 Å². The van der Waals surface area contributed by atoms with E-state index in [1.807, 2.05) is 12.3 Å². The van der Waals surface area contributed by atoms with Crippen LogP contribution in [0.25, 0.3) is 0 Å². The van der Waals surface area contributed by atoms with Gasteiger partial charge in [0.1, 0.15) is 5.01 Å². The number of nitrogens with zero attached hydrogens (tertiary/aromatic N) is 2. The molecule has 4 nitrogen and oxygen atoms in total. The summed E-state index contributed by atoms with van der Waals surface area (Å²) < 4.78 is 37.8. The predicted molar refractivity (Wildman–Crippen MR) is 99.3 cm³/mol. The maximum Gasteiger partial charge on any atom is 0.416 e. The van der Waals surface area contributed by atoms with Gasteiger partial charge in [-0.15, -0.1) is 11.3 Å². The summed E-state index contributed by atoms with van der Waals surface area (Å²) in [4.78, 5) is 8.98. The normalized spacial score (nSPS) is 12.5. The first kappa shape index (κ1) is 20.2. The van der Waals surface area contributed by atoms with Crippen LogP contribution in [0.1, 0.15) is 48.5 Å². The lowest BCUT2D eigenvalue weighted by Crippen LogP contribution is -2.36. The molecule has 0 aliphatic carbocycles. The first-order valence-corrected chi connectivity index (χ1v) is 9.30. The molecule has 0 saturated carbocycles. The van der Waals surface area contributed by atoms with Crippen molar-refractivity contribution in [2.24, 2.45) is 4.99 Å². The third-order valence-corrected chi connectivity index (χ3v) is 4.48. The van der Waals surface area contributed by atoms with Crippen molar-refractivity contribution in [3.63, 3.8) is 0 Å². The Hall–Kier alpha value is -2.09. The fourth-order valence-electron chi connectivity index (χ4n) is 2.14. The lowest BCUT2D eigenvalue weighted by atomic mass is 10.1. The lowest BCUT2D eigenvalue weighted by molar-refractivity contribution is -0.137. The molecule has 1 aromatic heterocycles. The third-order valence-electron chi connectivity index (χ3n) is 3.61. The number of guanidine groups is 1. The van der Waals surface area contributed by atoms with E-state index in [-0.39, 0.29) is 0 Å². The standard InChI is InChI=1S/C18H23F3N4S/c1-4-22-17(24-10-16-25-15(11-26-16)12(2)3)23-9-13-5-7-14(8-6-13)18(19,20)21/h5-8,11-12H,4,9-10H2,1-3H3,(H2,22,23,24). The van der Waals surface area contributed by atoms with E-state index in [2.05, 4.69) is 34.5 Å². The number of nitrogens with one attached hydrogen (secondary N) is 2. The Bertz CT molecular complexity index is 721. The monoisotopic (exact) mass is 384 g/mol. The summed E-state index contributed by atoms with van der Waals surface area (Å²) >= 11 is 1.59. The van der Waals surface area contributed by atoms with Gasteiger partial charge in [-0.2, -0.15) is 13.2 Å². The molecule has 0 bridgehead atoms. The number of thiazole rings is 1. The minimum absolute atomic E-state index is 0.294.